The third-order valence-corrected chi connectivity index (χ3v) is 3.11. The van der Waals surface area contributed by atoms with Crippen LogP contribution in [0.25, 0.3) is 0 Å². The van der Waals surface area contributed by atoms with E-state index in [9.17, 15) is 13.2 Å². The Balaban J connectivity index is 0.00000361. The van der Waals surface area contributed by atoms with Gasteiger partial charge in [0.1, 0.15) is 11.5 Å². The molecule has 116 valence electrons. The lowest BCUT2D eigenvalue weighted by Gasteiger charge is -2.04. The van der Waals surface area contributed by atoms with E-state index in [-0.39, 0.29) is 35.6 Å². The van der Waals surface area contributed by atoms with Crippen molar-refractivity contribution in [3.05, 3.63) is 23.7 Å². The minimum atomic E-state index is -3.15. The van der Waals surface area contributed by atoms with Gasteiger partial charge in [0.15, 0.2) is 15.6 Å². The minimum absolute atomic E-state index is 0. The fourth-order valence-electron chi connectivity index (χ4n) is 1.49. The van der Waals surface area contributed by atoms with Crippen LogP contribution in [0.2, 0.25) is 0 Å². The highest BCUT2D eigenvalue weighted by molar-refractivity contribution is 7.89. The molecule has 0 aliphatic heterocycles. The normalized spacial score (nSPS) is 10.9. The summed E-state index contributed by atoms with van der Waals surface area (Å²) >= 11 is 0. The number of amides is 1. The van der Waals surface area contributed by atoms with Gasteiger partial charge < -0.3 is 15.1 Å². The minimum Gasteiger partial charge on any atom is -0.455 e. The van der Waals surface area contributed by atoms with Crippen molar-refractivity contribution in [3.8, 4) is 0 Å². The predicted molar refractivity (Wildman–Crippen MR) is 80.0 cm³/mol. The molecule has 0 bridgehead atoms. The Labute approximate surface area is 125 Å². The molecule has 20 heavy (non-hydrogen) atoms. The second-order valence-electron chi connectivity index (χ2n) is 4.34. The topological polar surface area (TPSA) is 88.4 Å². The maximum absolute atomic E-state index is 11.7. The number of carbonyl (C=O) groups is 1. The van der Waals surface area contributed by atoms with Crippen LogP contribution in [0, 0.1) is 0 Å². The van der Waals surface area contributed by atoms with E-state index in [0.29, 0.717) is 13.1 Å². The highest BCUT2D eigenvalue weighted by atomic mass is 35.5. The Morgan fingerprint density at radius 1 is 1.25 bits per heavy atom. The second kappa shape index (κ2) is 8.99. The van der Waals surface area contributed by atoms with Crippen LogP contribution in [-0.4, -0.2) is 40.2 Å². The van der Waals surface area contributed by atoms with Gasteiger partial charge in [0.25, 0.3) is 5.91 Å². The summed E-state index contributed by atoms with van der Waals surface area (Å²) in [5.74, 6) is -0.123. The van der Waals surface area contributed by atoms with Crippen LogP contribution in [0.4, 0.5) is 0 Å². The van der Waals surface area contributed by atoms with E-state index < -0.39 is 9.84 Å². The van der Waals surface area contributed by atoms with E-state index in [1.54, 1.807) is 0 Å². The first-order valence-electron chi connectivity index (χ1n) is 6.17. The molecule has 1 heterocycles. The Hall–Kier alpha value is -1.05. The summed E-state index contributed by atoms with van der Waals surface area (Å²) in [5, 5.41) is 5.84. The molecule has 0 radical (unpaired) electrons. The van der Waals surface area contributed by atoms with Gasteiger partial charge >= 0.3 is 0 Å². The third-order valence-electron chi connectivity index (χ3n) is 2.30. The van der Waals surface area contributed by atoms with Crippen LogP contribution in [0.3, 0.4) is 0 Å². The van der Waals surface area contributed by atoms with Crippen LogP contribution in [-0.2, 0) is 15.6 Å². The van der Waals surface area contributed by atoms with E-state index in [1.165, 1.54) is 12.1 Å². The van der Waals surface area contributed by atoms with E-state index >= 15 is 0 Å². The number of nitrogens with one attached hydrogen (secondary N) is 2. The molecule has 0 atom stereocenters. The maximum atomic E-state index is 11.7. The number of hydrogen-bond donors (Lipinski definition) is 2. The molecule has 0 aromatic carbocycles. The molecule has 6 nitrogen and oxygen atoms in total. The molecule has 8 heteroatoms. The van der Waals surface area contributed by atoms with Crippen molar-refractivity contribution < 1.29 is 17.6 Å². The molecule has 1 rings (SSSR count). The van der Waals surface area contributed by atoms with Crippen LogP contribution >= 0.6 is 12.4 Å². The van der Waals surface area contributed by atoms with Gasteiger partial charge in [-0.25, -0.2) is 8.42 Å². The highest BCUT2D eigenvalue weighted by Gasteiger charge is 2.13. The van der Waals surface area contributed by atoms with Gasteiger partial charge in [0, 0.05) is 19.3 Å². The monoisotopic (exact) mass is 324 g/mol. The van der Waals surface area contributed by atoms with Crippen molar-refractivity contribution in [2.45, 2.75) is 19.1 Å². The second-order valence-corrected chi connectivity index (χ2v) is 6.48. The Bertz CT molecular complexity index is 513. The third kappa shape index (κ3) is 7.52. The van der Waals surface area contributed by atoms with Crippen LogP contribution in [0.5, 0.6) is 0 Å². The zero-order valence-corrected chi connectivity index (χ0v) is 13.3. The smallest absolute Gasteiger partial charge is 0.287 e. The van der Waals surface area contributed by atoms with E-state index in [4.69, 9.17) is 4.42 Å². The molecule has 0 saturated heterocycles. The van der Waals surface area contributed by atoms with Gasteiger partial charge in [0.2, 0.25) is 0 Å². The SMILES string of the molecule is CCCNCCNC(=O)c1ccc(CS(C)(=O)=O)o1.Cl. The largest absolute Gasteiger partial charge is 0.455 e. The van der Waals surface area contributed by atoms with E-state index in [1.807, 2.05) is 0 Å². The molecule has 0 fully saturated rings. The van der Waals surface area contributed by atoms with Crippen molar-refractivity contribution >= 4 is 28.2 Å². The number of sulfone groups is 1. The van der Waals surface area contributed by atoms with Gasteiger partial charge in [-0.2, -0.15) is 0 Å². The Kier molecular flexibility index (Phi) is 8.52. The lowest BCUT2D eigenvalue weighted by molar-refractivity contribution is 0.0925. The first-order valence-corrected chi connectivity index (χ1v) is 8.24. The number of rotatable bonds is 8. The van der Waals surface area contributed by atoms with Crippen molar-refractivity contribution in [2.24, 2.45) is 0 Å². The lowest BCUT2D eigenvalue weighted by atomic mass is 10.4. The van der Waals surface area contributed by atoms with Crippen molar-refractivity contribution in [1.82, 2.24) is 10.6 Å². The summed E-state index contributed by atoms with van der Waals surface area (Å²) < 4.78 is 27.4. The van der Waals surface area contributed by atoms with Gasteiger partial charge in [-0.05, 0) is 25.1 Å². The van der Waals surface area contributed by atoms with Gasteiger partial charge in [-0.1, -0.05) is 6.92 Å². The summed E-state index contributed by atoms with van der Waals surface area (Å²) in [6.07, 6.45) is 2.16. The first kappa shape index (κ1) is 18.9. The summed E-state index contributed by atoms with van der Waals surface area (Å²) in [4.78, 5) is 11.7. The number of furan rings is 1. The lowest BCUT2D eigenvalue weighted by Crippen LogP contribution is -2.31. The molecule has 1 aromatic heterocycles. The predicted octanol–water partition coefficient (Wildman–Crippen LogP) is 0.975. The summed E-state index contributed by atoms with van der Waals surface area (Å²) in [7, 11) is -3.15. The zero-order valence-electron chi connectivity index (χ0n) is 11.6. The molecular formula is C12H21ClN2O4S. The van der Waals surface area contributed by atoms with E-state index in [0.717, 1.165) is 19.2 Å². The first-order chi connectivity index (χ1) is 8.92. The Morgan fingerprint density at radius 2 is 1.95 bits per heavy atom. The molecule has 0 spiro atoms. The molecule has 1 amide bonds. The van der Waals surface area contributed by atoms with Crippen LogP contribution < -0.4 is 10.6 Å². The molecule has 0 saturated carbocycles. The maximum Gasteiger partial charge on any atom is 0.287 e. The molecule has 0 unspecified atom stereocenters. The summed E-state index contributed by atoms with van der Waals surface area (Å²) in [6.45, 7) is 4.17. The van der Waals surface area contributed by atoms with Crippen molar-refractivity contribution in [3.63, 3.8) is 0 Å². The quantitative estimate of drug-likeness (QED) is 0.696. The molecule has 1 aromatic rings. The number of hydrogen-bond acceptors (Lipinski definition) is 5. The molecule has 0 aliphatic rings. The highest BCUT2D eigenvalue weighted by Crippen LogP contribution is 2.10. The van der Waals surface area contributed by atoms with Crippen LogP contribution in [0.1, 0.15) is 29.7 Å². The number of halogens is 1. The fraction of sp³-hybridized carbons (Fsp3) is 0.583. The summed E-state index contributed by atoms with van der Waals surface area (Å²) in [5.41, 5.74) is 0. The average Bonchev–Trinajstić information content (AvgIpc) is 2.74. The molecule has 0 aliphatic carbocycles. The fourth-order valence-corrected chi connectivity index (χ4v) is 2.16. The summed E-state index contributed by atoms with van der Waals surface area (Å²) in [6, 6.07) is 2.99. The molecular weight excluding hydrogens is 304 g/mol. The zero-order chi connectivity index (χ0) is 14.3. The van der Waals surface area contributed by atoms with Gasteiger partial charge in [-0.15, -0.1) is 12.4 Å². The van der Waals surface area contributed by atoms with E-state index in [2.05, 4.69) is 17.6 Å². The van der Waals surface area contributed by atoms with Crippen LogP contribution in [0.15, 0.2) is 16.5 Å². The molecule has 2 N–H and O–H groups in total. The Morgan fingerprint density at radius 3 is 2.55 bits per heavy atom. The van der Waals surface area contributed by atoms with Crippen molar-refractivity contribution in [1.29, 1.82) is 0 Å². The number of carbonyl (C=O) groups excluding carboxylic acids is 1. The van der Waals surface area contributed by atoms with Gasteiger partial charge in [-0.3, -0.25) is 4.79 Å². The standard InChI is InChI=1S/C12H20N2O4S.ClH/c1-3-6-13-7-8-14-12(15)11-5-4-10(18-11)9-19(2,16)17;/h4-5,13H,3,6-9H2,1-2H3,(H,14,15);1H. The van der Waals surface area contributed by atoms with Gasteiger partial charge in [0.05, 0.1) is 0 Å². The van der Waals surface area contributed by atoms with Crippen molar-refractivity contribution in [2.75, 3.05) is 25.9 Å². The average molecular weight is 325 g/mol.